The van der Waals surface area contributed by atoms with Crippen LogP contribution in [0.1, 0.15) is 32.1 Å². The summed E-state index contributed by atoms with van der Waals surface area (Å²) in [6.07, 6.45) is 4.01. The van der Waals surface area contributed by atoms with Gasteiger partial charge in [-0.3, -0.25) is 4.79 Å². The van der Waals surface area contributed by atoms with E-state index in [-0.39, 0.29) is 35.4 Å². The van der Waals surface area contributed by atoms with Crippen molar-refractivity contribution < 1.29 is 31.1 Å². The van der Waals surface area contributed by atoms with Gasteiger partial charge < -0.3 is 14.8 Å². The first kappa shape index (κ1) is 28.3. The fraction of sp³-hybridized carbons (Fsp3) is 0.500. The Hall–Kier alpha value is -2.67. The fourth-order valence-electron chi connectivity index (χ4n) is 4.72. The maximum atomic E-state index is 13.0. The molecule has 208 valence electrons. The van der Waals surface area contributed by atoms with Crippen molar-refractivity contribution >= 4 is 26.0 Å². The Morgan fingerprint density at radius 1 is 0.816 bits per heavy atom. The van der Waals surface area contributed by atoms with Crippen LogP contribution in [-0.4, -0.2) is 77.8 Å². The highest BCUT2D eigenvalue weighted by Crippen LogP contribution is 2.26. The second-order valence-electron chi connectivity index (χ2n) is 9.45. The average molecular weight is 566 g/mol. The van der Waals surface area contributed by atoms with E-state index >= 15 is 0 Å². The molecule has 2 heterocycles. The smallest absolute Gasteiger partial charge is 0.243 e. The van der Waals surface area contributed by atoms with E-state index in [1.807, 2.05) is 0 Å². The molecule has 0 aromatic heterocycles. The third-order valence-corrected chi connectivity index (χ3v) is 10.7. The third-order valence-electron chi connectivity index (χ3n) is 6.90. The van der Waals surface area contributed by atoms with E-state index < -0.39 is 26.0 Å². The van der Waals surface area contributed by atoms with Gasteiger partial charge in [-0.05, 0) is 74.2 Å². The van der Waals surface area contributed by atoms with Crippen LogP contribution in [0, 0.1) is 5.92 Å². The van der Waals surface area contributed by atoms with Crippen LogP contribution in [0.15, 0.2) is 58.3 Å². The van der Waals surface area contributed by atoms with Crippen molar-refractivity contribution in [2.24, 2.45) is 5.92 Å². The zero-order chi connectivity index (χ0) is 27.2. The maximum Gasteiger partial charge on any atom is 0.243 e. The predicted molar refractivity (Wildman–Crippen MR) is 142 cm³/mol. The van der Waals surface area contributed by atoms with Gasteiger partial charge >= 0.3 is 0 Å². The first-order chi connectivity index (χ1) is 18.2. The van der Waals surface area contributed by atoms with Crippen molar-refractivity contribution in [1.29, 1.82) is 0 Å². The molecule has 1 N–H and O–H groups in total. The molecule has 0 bridgehead atoms. The number of rotatable bonds is 10. The third kappa shape index (κ3) is 6.66. The number of carbonyl (C=O) groups is 1. The van der Waals surface area contributed by atoms with E-state index in [0.717, 1.165) is 19.3 Å². The summed E-state index contributed by atoms with van der Waals surface area (Å²) in [5.74, 6) is 0.411. The number of nitrogens with one attached hydrogen (secondary N) is 1. The number of hydrogen-bond acceptors (Lipinski definition) is 7. The van der Waals surface area contributed by atoms with E-state index in [1.165, 1.54) is 40.0 Å². The van der Waals surface area contributed by atoms with Crippen LogP contribution in [0.5, 0.6) is 11.5 Å². The van der Waals surface area contributed by atoms with Crippen LogP contribution in [0.25, 0.3) is 0 Å². The second-order valence-corrected chi connectivity index (χ2v) is 13.3. The minimum Gasteiger partial charge on any atom is -0.497 e. The van der Waals surface area contributed by atoms with Gasteiger partial charge in [0.05, 0.1) is 29.4 Å². The van der Waals surface area contributed by atoms with Crippen LogP contribution in [0.3, 0.4) is 0 Å². The maximum absolute atomic E-state index is 13.0. The summed E-state index contributed by atoms with van der Waals surface area (Å²) in [5, 5.41) is 2.82. The minimum atomic E-state index is -3.71. The number of methoxy groups -OCH3 is 1. The van der Waals surface area contributed by atoms with Crippen molar-refractivity contribution in [2.45, 2.75) is 41.9 Å². The van der Waals surface area contributed by atoms with Crippen molar-refractivity contribution in [2.75, 3.05) is 46.4 Å². The molecule has 0 spiro atoms. The molecule has 2 aliphatic rings. The van der Waals surface area contributed by atoms with Gasteiger partial charge in [0.25, 0.3) is 0 Å². The number of nitrogens with zero attached hydrogens (tertiary/aromatic N) is 2. The number of benzene rings is 2. The molecule has 1 amide bonds. The Kier molecular flexibility index (Phi) is 9.29. The van der Waals surface area contributed by atoms with E-state index in [0.29, 0.717) is 44.0 Å². The van der Waals surface area contributed by atoms with Gasteiger partial charge in [0.1, 0.15) is 18.1 Å². The van der Waals surface area contributed by atoms with Crippen molar-refractivity contribution in [1.82, 2.24) is 13.9 Å². The summed E-state index contributed by atoms with van der Waals surface area (Å²) < 4.78 is 65.3. The molecule has 2 aromatic carbocycles. The molecule has 2 saturated heterocycles. The first-order valence-corrected chi connectivity index (χ1v) is 15.7. The molecule has 0 radical (unpaired) electrons. The quantitative estimate of drug-likeness (QED) is 0.439. The first-order valence-electron chi connectivity index (χ1n) is 12.9. The lowest BCUT2D eigenvalue weighted by Gasteiger charge is -2.31. The summed E-state index contributed by atoms with van der Waals surface area (Å²) in [6.45, 7) is 2.02. The Balaban J connectivity index is 1.24. The Morgan fingerprint density at radius 2 is 1.37 bits per heavy atom. The van der Waals surface area contributed by atoms with Crippen molar-refractivity contribution in [3.05, 3.63) is 48.5 Å². The molecule has 0 aliphatic carbocycles. The predicted octanol–water partition coefficient (Wildman–Crippen LogP) is 2.47. The van der Waals surface area contributed by atoms with Gasteiger partial charge in [-0.2, -0.15) is 8.61 Å². The van der Waals surface area contributed by atoms with Gasteiger partial charge in [0.2, 0.25) is 26.0 Å². The molecule has 4 rings (SSSR count). The molecule has 10 nitrogen and oxygen atoms in total. The lowest BCUT2D eigenvalue weighted by molar-refractivity contribution is -0.126. The molecule has 12 heteroatoms. The van der Waals surface area contributed by atoms with Crippen LogP contribution in [-0.2, 0) is 24.8 Å². The summed E-state index contributed by atoms with van der Waals surface area (Å²) >= 11 is 0. The summed E-state index contributed by atoms with van der Waals surface area (Å²) in [7, 11) is -5.69. The minimum absolute atomic E-state index is 0.119. The number of sulfonamides is 2. The number of carbonyl (C=O) groups excluding carboxylic acids is 1. The molecule has 2 aromatic rings. The SMILES string of the molecule is COc1ccc(S(=O)(=O)N2CCC[C@@H](C(=O)NCCOc3ccc(S(=O)(=O)N4CCCCC4)cc3)C2)cc1. The van der Waals surface area contributed by atoms with Crippen LogP contribution in [0.2, 0.25) is 0 Å². The molecule has 0 unspecified atom stereocenters. The van der Waals surface area contributed by atoms with Gasteiger partial charge in [-0.1, -0.05) is 6.42 Å². The van der Waals surface area contributed by atoms with Crippen LogP contribution in [0.4, 0.5) is 0 Å². The number of piperidine rings is 2. The average Bonchev–Trinajstić information content (AvgIpc) is 2.96. The number of ether oxygens (including phenoxy) is 2. The second kappa shape index (κ2) is 12.5. The van der Waals surface area contributed by atoms with Crippen LogP contribution < -0.4 is 14.8 Å². The Bertz CT molecular complexity index is 1290. The molecule has 1 atom stereocenters. The Labute approximate surface area is 225 Å². The zero-order valence-electron chi connectivity index (χ0n) is 21.5. The summed E-state index contributed by atoms with van der Waals surface area (Å²) in [5.41, 5.74) is 0. The largest absolute Gasteiger partial charge is 0.497 e. The van der Waals surface area contributed by atoms with Crippen molar-refractivity contribution in [3.8, 4) is 11.5 Å². The lowest BCUT2D eigenvalue weighted by atomic mass is 9.99. The number of hydrogen-bond donors (Lipinski definition) is 1. The fourth-order valence-corrected chi connectivity index (χ4v) is 7.76. The normalized spacial score (nSPS) is 19.6. The van der Waals surface area contributed by atoms with Gasteiger partial charge in [-0.15, -0.1) is 0 Å². The molecule has 38 heavy (non-hydrogen) atoms. The lowest BCUT2D eigenvalue weighted by Crippen LogP contribution is -2.45. The highest BCUT2D eigenvalue weighted by atomic mass is 32.2. The molecule has 2 aliphatic heterocycles. The van der Waals surface area contributed by atoms with Crippen molar-refractivity contribution in [3.63, 3.8) is 0 Å². The van der Waals surface area contributed by atoms with Crippen LogP contribution >= 0.6 is 0 Å². The van der Waals surface area contributed by atoms with Gasteiger partial charge in [0.15, 0.2) is 0 Å². The highest BCUT2D eigenvalue weighted by Gasteiger charge is 2.33. The van der Waals surface area contributed by atoms with E-state index in [1.54, 1.807) is 24.3 Å². The highest BCUT2D eigenvalue weighted by molar-refractivity contribution is 7.89. The van der Waals surface area contributed by atoms with E-state index in [4.69, 9.17) is 9.47 Å². The summed E-state index contributed by atoms with van der Waals surface area (Å²) in [6, 6.07) is 12.5. The molecular formula is C26H35N3O7S2. The monoisotopic (exact) mass is 565 g/mol. The Morgan fingerprint density at radius 3 is 1.97 bits per heavy atom. The molecular weight excluding hydrogens is 530 g/mol. The van der Waals surface area contributed by atoms with E-state index in [2.05, 4.69) is 5.32 Å². The van der Waals surface area contributed by atoms with Gasteiger partial charge in [-0.25, -0.2) is 16.8 Å². The topological polar surface area (TPSA) is 122 Å². The van der Waals surface area contributed by atoms with Gasteiger partial charge in [0, 0.05) is 26.2 Å². The zero-order valence-corrected chi connectivity index (χ0v) is 23.2. The summed E-state index contributed by atoms with van der Waals surface area (Å²) in [4.78, 5) is 13.1. The molecule has 0 saturated carbocycles. The number of amides is 1. The van der Waals surface area contributed by atoms with E-state index in [9.17, 15) is 21.6 Å². The molecule has 2 fully saturated rings. The standard InChI is InChI=1S/C26H35N3O7S2/c1-35-22-7-11-25(12-8-22)38(33,34)29-18-5-6-21(20-29)26(30)27-15-19-36-23-9-13-24(14-10-23)37(31,32)28-16-3-2-4-17-28/h7-14,21H,2-6,15-20H2,1H3,(H,27,30)/t21-/m1/s1.